The number of fused-ring (bicyclic) bond motifs is 4. The maximum atomic E-state index is 12.7. The van der Waals surface area contributed by atoms with Gasteiger partial charge in [0.05, 0.1) is 14.2 Å². The van der Waals surface area contributed by atoms with Crippen LogP contribution in [0.2, 0.25) is 0 Å². The van der Waals surface area contributed by atoms with Crippen molar-refractivity contribution in [1.29, 1.82) is 0 Å². The Morgan fingerprint density at radius 3 is 2.79 bits per heavy atom. The fourth-order valence-corrected chi connectivity index (χ4v) is 4.00. The molecule has 0 amide bonds. The summed E-state index contributed by atoms with van der Waals surface area (Å²) in [6.45, 7) is 2.77. The van der Waals surface area contributed by atoms with Gasteiger partial charge in [0, 0.05) is 42.4 Å². The average Bonchev–Trinajstić information content (AvgIpc) is 2.62. The van der Waals surface area contributed by atoms with E-state index in [0.717, 1.165) is 48.6 Å². The molecule has 2 bridgehead atoms. The second-order valence-electron chi connectivity index (χ2n) is 6.64. The Hall–Kier alpha value is -2.27. The van der Waals surface area contributed by atoms with E-state index in [9.17, 15) is 4.79 Å². The fraction of sp³-hybridized carbons (Fsp3) is 0.421. The number of methoxy groups -OCH3 is 2. The summed E-state index contributed by atoms with van der Waals surface area (Å²) in [6, 6.07) is 9.58. The molecule has 2 aromatic rings. The summed E-state index contributed by atoms with van der Waals surface area (Å²) < 4.78 is 12.7. The summed E-state index contributed by atoms with van der Waals surface area (Å²) in [4.78, 5) is 12.7. The molecule has 0 radical (unpaired) electrons. The molecule has 2 atom stereocenters. The Labute approximate surface area is 141 Å². The van der Waals surface area contributed by atoms with Crippen LogP contribution in [-0.2, 0) is 6.54 Å². The number of rotatable bonds is 3. The molecule has 24 heavy (non-hydrogen) atoms. The lowest BCUT2D eigenvalue weighted by Crippen LogP contribution is -2.44. The Kier molecular flexibility index (Phi) is 3.81. The van der Waals surface area contributed by atoms with Gasteiger partial charge in [-0.2, -0.15) is 0 Å². The van der Waals surface area contributed by atoms with E-state index < -0.39 is 0 Å². The molecule has 1 aromatic heterocycles. The highest BCUT2D eigenvalue weighted by Gasteiger charge is 2.31. The number of hydrogen-bond acceptors (Lipinski definition) is 4. The number of ether oxygens (including phenoxy) is 2. The predicted molar refractivity (Wildman–Crippen MR) is 93.0 cm³/mol. The van der Waals surface area contributed by atoms with Crippen LogP contribution < -0.4 is 20.3 Å². The molecule has 5 heteroatoms. The smallest absolute Gasteiger partial charge is 0.251 e. The molecule has 0 saturated carbocycles. The van der Waals surface area contributed by atoms with Crippen LogP contribution in [-0.4, -0.2) is 31.9 Å². The molecular weight excluding hydrogens is 304 g/mol. The number of nitrogens with one attached hydrogen (secondary N) is 1. The van der Waals surface area contributed by atoms with Crippen LogP contribution in [0.1, 0.15) is 18.0 Å². The standard InChI is InChI=1S/C19H22N2O3/c1-23-15-3-4-16(18(8-15)24-2)13-6-17-14-5-12(9-20-10-14)11-21(17)19(22)7-13/h3-4,6-8,12,14,20H,5,9-11H2,1-2H3/t12-,14+/m0/s1. The normalized spacial score (nSPS) is 21.9. The summed E-state index contributed by atoms with van der Waals surface area (Å²) in [5, 5.41) is 3.49. The number of nitrogens with zero attached hydrogens (tertiary/aromatic N) is 1. The zero-order chi connectivity index (χ0) is 16.7. The third-order valence-electron chi connectivity index (χ3n) is 5.18. The van der Waals surface area contributed by atoms with Crippen molar-refractivity contribution in [2.45, 2.75) is 18.9 Å². The van der Waals surface area contributed by atoms with Gasteiger partial charge in [-0.1, -0.05) is 0 Å². The molecule has 126 valence electrons. The molecule has 2 aliphatic rings. The highest BCUT2D eigenvalue weighted by molar-refractivity contribution is 5.71. The minimum atomic E-state index is 0.0805. The Bertz CT molecular complexity index is 828. The van der Waals surface area contributed by atoms with Crippen molar-refractivity contribution in [3.63, 3.8) is 0 Å². The van der Waals surface area contributed by atoms with E-state index in [4.69, 9.17) is 9.47 Å². The maximum absolute atomic E-state index is 12.7. The van der Waals surface area contributed by atoms with Crippen molar-refractivity contribution in [2.24, 2.45) is 5.92 Å². The summed E-state index contributed by atoms with van der Waals surface area (Å²) in [5.41, 5.74) is 3.05. The van der Waals surface area contributed by atoms with Gasteiger partial charge in [0.15, 0.2) is 0 Å². The fourth-order valence-electron chi connectivity index (χ4n) is 4.00. The van der Waals surface area contributed by atoms with Crippen molar-refractivity contribution in [2.75, 3.05) is 27.3 Å². The summed E-state index contributed by atoms with van der Waals surface area (Å²) >= 11 is 0. The maximum Gasteiger partial charge on any atom is 0.251 e. The van der Waals surface area contributed by atoms with E-state index in [1.54, 1.807) is 20.3 Å². The van der Waals surface area contributed by atoms with Crippen LogP contribution in [0.3, 0.4) is 0 Å². The molecule has 3 heterocycles. The van der Waals surface area contributed by atoms with Crippen molar-refractivity contribution in [3.05, 3.63) is 46.4 Å². The Morgan fingerprint density at radius 1 is 1.12 bits per heavy atom. The number of piperidine rings is 1. The van der Waals surface area contributed by atoms with Gasteiger partial charge in [-0.25, -0.2) is 0 Å². The van der Waals surface area contributed by atoms with E-state index in [1.165, 1.54) is 0 Å². The topological polar surface area (TPSA) is 52.5 Å². The van der Waals surface area contributed by atoms with Crippen LogP contribution in [0.5, 0.6) is 11.5 Å². The predicted octanol–water partition coefficient (Wildman–Crippen LogP) is 2.24. The second-order valence-corrected chi connectivity index (χ2v) is 6.64. The van der Waals surface area contributed by atoms with Gasteiger partial charge in [0.25, 0.3) is 5.56 Å². The average molecular weight is 326 g/mol. The number of benzene rings is 1. The van der Waals surface area contributed by atoms with Gasteiger partial charge in [-0.05, 0) is 42.6 Å². The summed E-state index contributed by atoms with van der Waals surface area (Å²) in [5.74, 6) is 2.43. The summed E-state index contributed by atoms with van der Waals surface area (Å²) in [6.07, 6.45) is 1.16. The first kappa shape index (κ1) is 15.3. The zero-order valence-electron chi connectivity index (χ0n) is 14.0. The minimum absolute atomic E-state index is 0.0805. The van der Waals surface area contributed by atoms with E-state index >= 15 is 0 Å². The molecule has 0 unspecified atom stereocenters. The van der Waals surface area contributed by atoms with E-state index in [-0.39, 0.29) is 5.56 Å². The molecule has 1 saturated heterocycles. The Balaban J connectivity index is 1.83. The van der Waals surface area contributed by atoms with Gasteiger partial charge in [-0.3, -0.25) is 4.79 Å². The third-order valence-corrected chi connectivity index (χ3v) is 5.18. The van der Waals surface area contributed by atoms with Crippen LogP contribution in [0.15, 0.2) is 35.1 Å². The molecule has 0 aliphatic carbocycles. The van der Waals surface area contributed by atoms with Crippen LogP contribution in [0.4, 0.5) is 0 Å². The molecule has 1 N–H and O–H groups in total. The molecule has 1 fully saturated rings. The van der Waals surface area contributed by atoms with E-state index in [2.05, 4.69) is 11.4 Å². The quantitative estimate of drug-likeness (QED) is 0.940. The monoisotopic (exact) mass is 326 g/mol. The first-order chi connectivity index (χ1) is 11.7. The molecule has 2 aliphatic heterocycles. The van der Waals surface area contributed by atoms with Crippen molar-refractivity contribution < 1.29 is 9.47 Å². The minimum Gasteiger partial charge on any atom is -0.497 e. The van der Waals surface area contributed by atoms with Gasteiger partial charge < -0.3 is 19.4 Å². The number of aromatic nitrogens is 1. The molecule has 1 aromatic carbocycles. The molecule has 0 spiro atoms. The SMILES string of the molecule is COc1ccc(-c2cc3n(c(=O)c2)C[C@@H]2CNC[C@H]3C2)c(OC)c1. The lowest BCUT2D eigenvalue weighted by molar-refractivity contribution is 0.257. The lowest BCUT2D eigenvalue weighted by Gasteiger charge is -2.37. The first-order valence-corrected chi connectivity index (χ1v) is 8.37. The molecular formula is C19H22N2O3. The van der Waals surface area contributed by atoms with Crippen molar-refractivity contribution in [3.8, 4) is 22.6 Å². The van der Waals surface area contributed by atoms with Crippen molar-refractivity contribution in [1.82, 2.24) is 9.88 Å². The number of hydrogen-bond donors (Lipinski definition) is 1. The molecule has 4 rings (SSSR count). The van der Waals surface area contributed by atoms with E-state index in [1.807, 2.05) is 22.8 Å². The first-order valence-electron chi connectivity index (χ1n) is 8.37. The van der Waals surface area contributed by atoms with Gasteiger partial charge in [0.1, 0.15) is 11.5 Å². The highest BCUT2D eigenvalue weighted by atomic mass is 16.5. The van der Waals surface area contributed by atoms with Crippen LogP contribution in [0.25, 0.3) is 11.1 Å². The summed E-state index contributed by atoms with van der Waals surface area (Å²) in [7, 11) is 3.27. The van der Waals surface area contributed by atoms with Crippen LogP contribution in [0, 0.1) is 5.92 Å². The highest BCUT2D eigenvalue weighted by Crippen LogP contribution is 2.37. The Morgan fingerprint density at radius 2 is 2.00 bits per heavy atom. The zero-order valence-corrected chi connectivity index (χ0v) is 14.0. The van der Waals surface area contributed by atoms with Gasteiger partial charge in [-0.15, -0.1) is 0 Å². The van der Waals surface area contributed by atoms with Crippen LogP contribution >= 0.6 is 0 Å². The van der Waals surface area contributed by atoms with Gasteiger partial charge >= 0.3 is 0 Å². The second kappa shape index (κ2) is 5.98. The lowest BCUT2D eigenvalue weighted by atomic mass is 9.83. The van der Waals surface area contributed by atoms with E-state index in [0.29, 0.717) is 17.6 Å². The van der Waals surface area contributed by atoms with Gasteiger partial charge in [0.2, 0.25) is 0 Å². The largest absolute Gasteiger partial charge is 0.497 e. The number of pyridine rings is 1. The third kappa shape index (κ3) is 2.49. The molecule has 5 nitrogen and oxygen atoms in total. The van der Waals surface area contributed by atoms with Crippen molar-refractivity contribution >= 4 is 0 Å².